The van der Waals surface area contributed by atoms with Crippen LogP contribution in [0.1, 0.15) is 34.6 Å². The van der Waals surface area contributed by atoms with E-state index in [2.05, 4.69) is 0 Å². The van der Waals surface area contributed by atoms with E-state index < -0.39 is 5.60 Å². The van der Waals surface area contributed by atoms with Gasteiger partial charge in [0.15, 0.2) is 0 Å². The number of ether oxygens (including phenoxy) is 1. The van der Waals surface area contributed by atoms with Crippen molar-refractivity contribution in [2.45, 2.75) is 46.3 Å². The van der Waals surface area contributed by atoms with Gasteiger partial charge >= 0.3 is 6.09 Å². The molecule has 4 heteroatoms. The molecule has 0 saturated carbocycles. The number of carbonyl (C=O) groups is 1. The second-order valence-electron chi connectivity index (χ2n) is 4.26. The minimum Gasteiger partial charge on any atom is -0.447 e. The van der Waals surface area contributed by atoms with E-state index in [0.717, 1.165) is 0 Å². The third-order valence-electron chi connectivity index (χ3n) is 1.55. The summed E-state index contributed by atoms with van der Waals surface area (Å²) in [5.41, 5.74) is -0.883. The maximum Gasteiger partial charge on any atom is 0.410 e. The zero-order valence-electron chi connectivity index (χ0n) is 9.70. The lowest BCUT2D eigenvalue weighted by molar-refractivity contribution is 0.0217. The Kier molecular flexibility index (Phi) is 4.91. The highest BCUT2D eigenvalue weighted by Gasteiger charge is 2.22. The highest BCUT2D eigenvalue weighted by molar-refractivity contribution is 5.67. The average molecular weight is 203 g/mol. The predicted molar refractivity (Wildman–Crippen MR) is 55.2 cm³/mol. The molecule has 0 spiro atoms. The third kappa shape index (κ3) is 5.80. The molecule has 1 amide bonds. The van der Waals surface area contributed by atoms with Crippen LogP contribution in [0.3, 0.4) is 0 Å². The van der Waals surface area contributed by atoms with Gasteiger partial charge in [-0.3, -0.25) is 0 Å². The molecule has 14 heavy (non-hydrogen) atoms. The smallest absolute Gasteiger partial charge is 0.410 e. The van der Waals surface area contributed by atoms with Gasteiger partial charge in [0.05, 0.1) is 18.2 Å². The maximum absolute atomic E-state index is 11.5. The molecule has 0 atom stereocenters. The van der Waals surface area contributed by atoms with Crippen molar-refractivity contribution < 1.29 is 14.6 Å². The number of aliphatic hydroxyl groups is 1. The van der Waals surface area contributed by atoms with Crippen LogP contribution >= 0.6 is 0 Å². The molecule has 4 nitrogen and oxygen atoms in total. The lowest BCUT2D eigenvalue weighted by atomic mass is 10.1. The largest absolute Gasteiger partial charge is 0.447 e. The van der Waals surface area contributed by atoms with Crippen LogP contribution < -0.4 is 0 Å². The van der Waals surface area contributed by atoms with Crippen LogP contribution in [-0.4, -0.2) is 40.9 Å². The first-order valence-corrected chi connectivity index (χ1v) is 4.94. The van der Waals surface area contributed by atoms with Crippen molar-refractivity contribution in [2.24, 2.45) is 0 Å². The Balaban J connectivity index is 4.20. The fourth-order valence-electron chi connectivity index (χ4n) is 1.05. The standard InChI is InChI=1S/C10H21NO3/c1-6-11(7-10(4,5)13)9(12)14-8(2)3/h8,13H,6-7H2,1-5H3. The summed E-state index contributed by atoms with van der Waals surface area (Å²) in [4.78, 5) is 12.9. The molecule has 0 bridgehead atoms. The summed E-state index contributed by atoms with van der Waals surface area (Å²) in [6.07, 6.45) is -0.497. The van der Waals surface area contributed by atoms with Gasteiger partial charge in [0.1, 0.15) is 0 Å². The first-order valence-electron chi connectivity index (χ1n) is 4.94. The lowest BCUT2D eigenvalue weighted by Crippen LogP contribution is -2.42. The minimum absolute atomic E-state index is 0.127. The molecule has 0 aliphatic rings. The summed E-state index contributed by atoms with van der Waals surface area (Å²) in [6.45, 7) is 9.61. The Morgan fingerprint density at radius 1 is 1.50 bits per heavy atom. The van der Waals surface area contributed by atoms with Gasteiger partial charge in [-0.25, -0.2) is 4.79 Å². The molecule has 84 valence electrons. The van der Waals surface area contributed by atoms with E-state index in [1.165, 1.54) is 4.90 Å². The molecule has 0 aromatic heterocycles. The topological polar surface area (TPSA) is 49.8 Å². The molecule has 0 fully saturated rings. The Morgan fingerprint density at radius 3 is 2.29 bits per heavy atom. The second-order valence-corrected chi connectivity index (χ2v) is 4.26. The van der Waals surface area contributed by atoms with Crippen LogP contribution in [0.2, 0.25) is 0 Å². The lowest BCUT2D eigenvalue weighted by Gasteiger charge is -2.28. The molecular weight excluding hydrogens is 182 g/mol. The molecule has 0 heterocycles. The van der Waals surface area contributed by atoms with Crippen LogP contribution in [0.25, 0.3) is 0 Å². The van der Waals surface area contributed by atoms with Gasteiger partial charge in [0.2, 0.25) is 0 Å². The number of likely N-dealkylation sites (N-methyl/N-ethyl adjacent to an activating group) is 1. The Labute approximate surface area is 85.9 Å². The van der Waals surface area contributed by atoms with Crippen LogP contribution in [0.5, 0.6) is 0 Å². The van der Waals surface area contributed by atoms with E-state index in [4.69, 9.17) is 4.74 Å². The summed E-state index contributed by atoms with van der Waals surface area (Å²) in [6, 6.07) is 0. The van der Waals surface area contributed by atoms with Gasteiger partial charge in [-0.1, -0.05) is 0 Å². The summed E-state index contributed by atoms with van der Waals surface area (Å²) in [7, 11) is 0. The normalized spacial score (nSPS) is 11.6. The molecule has 0 radical (unpaired) electrons. The summed E-state index contributed by atoms with van der Waals surface area (Å²) in [5.74, 6) is 0. The van der Waals surface area contributed by atoms with Gasteiger partial charge in [-0.2, -0.15) is 0 Å². The third-order valence-corrected chi connectivity index (χ3v) is 1.55. The quantitative estimate of drug-likeness (QED) is 0.755. The second kappa shape index (κ2) is 5.20. The number of hydrogen-bond donors (Lipinski definition) is 1. The molecule has 0 aliphatic carbocycles. The molecule has 0 aromatic carbocycles. The number of hydrogen-bond acceptors (Lipinski definition) is 3. The zero-order chi connectivity index (χ0) is 11.4. The van der Waals surface area contributed by atoms with Gasteiger partial charge in [-0.05, 0) is 34.6 Å². The summed E-state index contributed by atoms with van der Waals surface area (Å²) < 4.78 is 5.03. The Bertz CT molecular complexity index is 184. The van der Waals surface area contributed by atoms with Gasteiger partial charge in [-0.15, -0.1) is 0 Å². The first-order chi connectivity index (χ1) is 6.26. The minimum atomic E-state index is -0.883. The molecule has 0 aliphatic heterocycles. The fourth-order valence-corrected chi connectivity index (χ4v) is 1.05. The SMILES string of the molecule is CCN(CC(C)(C)O)C(=O)OC(C)C. The van der Waals surface area contributed by atoms with E-state index in [0.29, 0.717) is 6.54 Å². The highest BCUT2D eigenvalue weighted by atomic mass is 16.6. The number of carbonyl (C=O) groups excluding carboxylic acids is 1. The number of amides is 1. The van der Waals surface area contributed by atoms with Crippen molar-refractivity contribution in [3.8, 4) is 0 Å². The maximum atomic E-state index is 11.5. The van der Waals surface area contributed by atoms with E-state index >= 15 is 0 Å². The molecular formula is C10H21NO3. The fraction of sp³-hybridized carbons (Fsp3) is 0.900. The monoisotopic (exact) mass is 203 g/mol. The van der Waals surface area contributed by atoms with Crippen molar-refractivity contribution in [2.75, 3.05) is 13.1 Å². The summed E-state index contributed by atoms with van der Waals surface area (Å²) in [5, 5.41) is 9.55. The van der Waals surface area contributed by atoms with Crippen LogP contribution in [0.15, 0.2) is 0 Å². The van der Waals surface area contributed by atoms with Crippen molar-refractivity contribution in [3.05, 3.63) is 0 Å². The van der Waals surface area contributed by atoms with E-state index in [1.807, 2.05) is 6.92 Å². The van der Waals surface area contributed by atoms with E-state index in [1.54, 1.807) is 27.7 Å². The molecule has 0 saturated heterocycles. The molecule has 0 rings (SSSR count). The Hall–Kier alpha value is -0.770. The van der Waals surface area contributed by atoms with E-state index in [-0.39, 0.29) is 18.7 Å². The van der Waals surface area contributed by atoms with Crippen LogP contribution in [-0.2, 0) is 4.74 Å². The zero-order valence-corrected chi connectivity index (χ0v) is 9.70. The van der Waals surface area contributed by atoms with Crippen molar-refractivity contribution in [3.63, 3.8) is 0 Å². The molecule has 1 N–H and O–H groups in total. The number of rotatable bonds is 4. The number of nitrogens with zero attached hydrogens (tertiary/aromatic N) is 1. The van der Waals surface area contributed by atoms with Crippen LogP contribution in [0.4, 0.5) is 4.79 Å². The van der Waals surface area contributed by atoms with Crippen molar-refractivity contribution >= 4 is 6.09 Å². The first kappa shape index (κ1) is 13.2. The summed E-state index contributed by atoms with van der Waals surface area (Å²) >= 11 is 0. The van der Waals surface area contributed by atoms with Crippen LogP contribution in [0, 0.1) is 0 Å². The van der Waals surface area contributed by atoms with Crippen molar-refractivity contribution in [1.29, 1.82) is 0 Å². The van der Waals surface area contributed by atoms with Gasteiger partial charge in [0, 0.05) is 6.54 Å². The van der Waals surface area contributed by atoms with Crippen molar-refractivity contribution in [1.82, 2.24) is 4.90 Å². The predicted octanol–water partition coefficient (Wildman–Crippen LogP) is 1.62. The van der Waals surface area contributed by atoms with Gasteiger partial charge < -0.3 is 14.7 Å². The molecule has 0 unspecified atom stereocenters. The average Bonchev–Trinajstić information content (AvgIpc) is 1.96. The Morgan fingerprint density at radius 2 is 2.00 bits per heavy atom. The molecule has 0 aromatic rings. The van der Waals surface area contributed by atoms with E-state index in [9.17, 15) is 9.90 Å². The van der Waals surface area contributed by atoms with Gasteiger partial charge in [0.25, 0.3) is 0 Å². The highest BCUT2D eigenvalue weighted by Crippen LogP contribution is 2.07.